The third-order valence-electron chi connectivity index (χ3n) is 3.53. The maximum absolute atomic E-state index is 10.9. The van der Waals surface area contributed by atoms with Gasteiger partial charge in [0.05, 0.1) is 0 Å². The van der Waals surface area contributed by atoms with Gasteiger partial charge in [0.15, 0.2) is 0 Å². The number of hydrogen-bond donors (Lipinski definition) is 2. The van der Waals surface area contributed by atoms with E-state index in [0.717, 1.165) is 35.7 Å². The molecular weight excluding hydrogens is 372 g/mol. The van der Waals surface area contributed by atoms with Crippen LogP contribution in [0, 0.1) is 0 Å². The third kappa shape index (κ3) is 7.96. The summed E-state index contributed by atoms with van der Waals surface area (Å²) >= 11 is 2.89. The molecule has 0 aliphatic heterocycles. The largest absolute Gasteiger partial charge is 0.301 e. The number of rotatable bonds is 11. The van der Waals surface area contributed by atoms with Gasteiger partial charge in [-0.3, -0.25) is 9.59 Å². The number of nitrogens with one attached hydrogen (secondary N) is 2. The van der Waals surface area contributed by atoms with Gasteiger partial charge in [0.1, 0.15) is 10.0 Å². The predicted molar refractivity (Wildman–Crippen MR) is 104 cm³/mol. The molecule has 0 aliphatic rings. The van der Waals surface area contributed by atoms with Crippen LogP contribution in [0.4, 0.5) is 10.3 Å². The molecule has 0 bridgehead atoms. The van der Waals surface area contributed by atoms with Crippen LogP contribution in [0.25, 0.3) is 0 Å². The Morgan fingerprint density at radius 3 is 1.46 bits per heavy atom. The van der Waals surface area contributed by atoms with Crippen LogP contribution in [0.3, 0.4) is 0 Å². The summed E-state index contributed by atoms with van der Waals surface area (Å²) in [5.74, 6) is -0.236. The van der Waals surface area contributed by atoms with Crippen LogP contribution in [0.1, 0.15) is 62.4 Å². The molecular formula is C16H24N6O2S2. The minimum Gasteiger partial charge on any atom is -0.301 e. The minimum atomic E-state index is -0.118. The molecule has 2 amide bonds. The van der Waals surface area contributed by atoms with Crippen molar-refractivity contribution in [1.82, 2.24) is 20.4 Å². The average molecular weight is 397 g/mol. The van der Waals surface area contributed by atoms with Crippen LogP contribution in [-0.2, 0) is 22.4 Å². The molecule has 0 radical (unpaired) electrons. The summed E-state index contributed by atoms with van der Waals surface area (Å²) in [5, 5.41) is 24.5. The first-order chi connectivity index (χ1) is 12.5. The van der Waals surface area contributed by atoms with E-state index >= 15 is 0 Å². The predicted octanol–water partition coefficient (Wildman–Crippen LogP) is 3.43. The topological polar surface area (TPSA) is 110 Å². The van der Waals surface area contributed by atoms with E-state index in [2.05, 4.69) is 31.0 Å². The number of aryl methyl sites for hydroxylation is 2. The van der Waals surface area contributed by atoms with E-state index in [1.165, 1.54) is 62.2 Å². The highest BCUT2D eigenvalue weighted by Crippen LogP contribution is 2.19. The second-order valence-electron chi connectivity index (χ2n) is 5.99. The quantitative estimate of drug-likeness (QED) is 0.563. The number of anilines is 2. The number of carbonyl (C=O) groups is 2. The summed E-state index contributed by atoms with van der Waals surface area (Å²) in [5.41, 5.74) is 0. The second-order valence-corrected chi connectivity index (χ2v) is 8.11. The molecule has 0 aromatic carbocycles. The Bertz CT molecular complexity index is 655. The van der Waals surface area contributed by atoms with E-state index in [-0.39, 0.29) is 11.8 Å². The second kappa shape index (κ2) is 10.9. The lowest BCUT2D eigenvalue weighted by Crippen LogP contribution is -2.04. The summed E-state index contributed by atoms with van der Waals surface area (Å²) in [6.07, 6.45) is 8.73. The molecule has 0 aliphatic carbocycles. The fourth-order valence-electron chi connectivity index (χ4n) is 2.37. The minimum absolute atomic E-state index is 0.118. The Hall–Kier alpha value is -1.94. The molecule has 2 aromatic rings. The normalized spacial score (nSPS) is 10.7. The SMILES string of the molecule is CC(=O)Nc1nnc(CCCCCCCCc2nnc(NC(C)=O)s2)s1. The molecule has 2 N–H and O–H groups in total. The highest BCUT2D eigenvalue weighted by molar-refractivity contribution is 7.15. The number of hydrogen-bond acceptors (Lipinski definition) is 8. The number of amides is 2. The Balaban J connectivity index is 1.49. The van der Waals surface area contributed by atoms with Crippen molar-refractivity contribution < 1.29 is 9.59 Å². The van der Waals surface area contributed by atoms with E-state index in [1.54, 1.807) is 0 Å². The van der Waals surface area contributed by atoms with E-state index in [1.807, 2.05) is 0 Å². The zero-order chi connectivity index (χ0) is 18.8. The molecule has 0 spiro atoms. The number of aromatic nitrogens is 4. The number of nitrogens with zero attached hydrogens (tertiary/aromatic N) is 4. The van der Waals surface area contributed by atoms with Crippen LogP contribution >= 0.6 is 22.7 Å². The van der Waals surface area contributed by atoms with Crippen LogP contribution in [0.15, 0.2) is 0 Å². The lowest BCUT2D eigenvalue weighted by Gasteiger charge is -2.00. The van der Waals surface area contributed by atoms with E-state index in [0.29, 0.717) is 10.3 Å². The maximum Gasteiger partial charge on any atom is 0.223 e. The van der Waals surface area contributed by atoms with Gasteiger partial charge in [-0.25, -0.2) is 0 Å². The van der Waals surface area contributed by atoms with Gasteiger partial charge < -0.3 is 10.6 Å². The van der Waals surface area contributed by atoms with Crippen molar-refractivity contribution in [3.8, 4) is 0 Å². The van der Waals surface area contributed by atoms with Gasteiger partial charge in [-0.1, -0.05) is 48.4 Å². The highest BCUT2D eigenvalue weighted by Gasteiger charge is 2.06. The first-order valence-corrected chi connectivity index (χ1v) is 10.4. The van der Waals surface area contributed by atoms with E-state index in [9.17, 15) is 9.59 Å². The van der Waals surface area contributed by atoms with Crippen molar-refractivity contribution in [2.75, 3.05) is 10.6 Å². The fourth-order valence-corrected chi connectivity index (χ4v) is 4.03. The Kier molecular flexibility index (Phi) is 8.56. The molecule has 2 aromatic heterocycles. The molecule has 0 fully saturated rings. The van der Waals surface area contributed by atoms with Crippen molar-refractivity contribution in [1.29, 1.82) is 0 Å². The maximum atomic E-state index is 10.9. The summed E-state index contributed by atoms with van der Waals surface area (Å²) in [6.45, 7) is 2.93. The molecule has 0 saturated carbocycles. The summed E-state index contributed by atoms with van der Waals surface area (Å²) < 4.78 is 0. The molecule has 10 heteroatoms. The summed E-state index contributed by atoms with van der Waals surface area (Å²) in [7, 11) is 0. The average Bonchev–Trinajstić information content (AvgIpc) is 3.18. The molecule has 0 atom stereocenters. The smallest absolute Gasteiger partial charge is 0.223 e. The van der Waals surface area contributed by atoms with Crippen molar-refractivity contribution in [2.24, 2.45) is 0 Å². The molecule has 2 heterocycles. The van der Waals surface area contributed by atoms with Crippen LogP contribution in [-0.4, -0.2) is 32.2 Å². The van der Waals surface area contributed by atoms with Crippen LogP contribution in [0.5, 0.6) is 0 Å². The van der Waals surface area contributed by atoms with Gasteiger partial charge >= 0.3 is 0 Å². The Labute approximate surface area is 160 Å². The molecule has 0 saturated heterocycles. The summed E-state index contributed by atoms with van der Waals surface area (Å²) in [4.78, 5) is 21.9. The number of carbonyl (C=O) groups excluding carboxylic acids is 2. The zero-order valence-corrected chi connectivity index (χ0v) is 16.7. The van der Waals surface area contributed by atoms with E-state index in [4.69, 9.17) is 0 Å². The molecule has 8 nitrogen and oxygen atoms in total. The molecule has 2 rings (SSSR count). The zero-order valence-electron chi connectivity index (χ0n) is 15.1. The van der Waals surface area contributed by atoms with Crippen molar-refractivity contribution >= 4 is 44.8 Å². The van der Waals surface area contributed by atoms with Crippen molar-refractivity contribution in [3.05, 3.63) is 10.0 Å². The highest BCUT2D eigenvalue weighted by atomic mass is 32.1. The van der Waals surface area contributed by atoms with Gasteiger partial charge in [-0.05, 0) is 12.8 Å². The van der Waals surface area contributed by atoms with Gasteiger partial charge in [-0.15, -0.1) is 20.4 Å². The van der Waals surface area contributed by atoms with Gasteiger partial charge in [-0.2, -0.15) is 0 Å². The first kappa shape index (κ1) is 20.4. The van der Waals surface area contributed by atoms with Crippen LogP contribution < -0.4 is 10.6 Å². The van der Waals surface area contributed by atoms with Crippen molar-refractivity contribution in [2.45, 2.75) is 65.2 Å². The number of unbranched alkanes of at least 4 members (excludes halogenated alkanes) is 5. The lowest BCUT2D eigenvalue weighted by molar-refractivity contribution is -0.115. The molecule has 26 heavy (non-hydrogen) atoms. The Morgan fingerprint density at radius 2 is 1.08 bits per heavy atom. The molecule has 142 valence electrons. The van der Waals surface area contributed by atoms with Gasteiger partial charge in [0, 0.05) is 26.7 Å². The fraction of sp³-hybridized carbons (Fsp3) is 0.625. The monoisotopic (exact) mass is 396 g/mol. The van der Waals surface area contributed by atoms with Gasteiger partial charge in [0.2, 0.25) is 22.1 Å². The summed E-state index contributed by atoms with van der Waals surface area (Å²) in [6, 6.07) is 0. The van der Waals surface area contributed by atoms with E-state index < -0.39 is 0 Å². The lowest BCUT2D eigenvalue weighted by atomic mass is 10.1. The van der Waals surface area contributed by atoms with Crippen molar-refractivity contribution in [3.63, 3.8) is 0 Å². The first-order valence-electron chi connectivity index (χ1n) is 8.73. The Morgan fingerprint density at radius 1 is 0.692 bits per heavy atom. The third-order valence-corrected chi connectivity index (χ3v) is 5.33. The molecule has 0 unspecified atom stereocenters. The standard InChI is InChI=1S/C16H24N6O2S2/c1-11(23)17-15-21-19-13(25-15)9-7-5-3-4-6-8-10-14-20-22-16(26-14)18-12(2)24/h3-10H2,1-2H3,(H,17,21,23)(H,18,22,24). The van der Waals surface area contributed by atoms with Gasteiger partial charge in [0.25, 0.3) is 0 Å². The van der Waals surface area contributed by atoms with Crippen LogP contribution in [0.2, 0.25) is 0 Å².